The number of imidazole rings is 1. The largest absolute Gasteiger partial charge is 0.376 e. The van der Waals surface area contributed by atoms with Crippen LogP contribution in [-0.4, -0.2) is 40.6 Å². The second-order valence-electron chi connectivity index (χ2n) is 8.03. The van der Waals surface area contributed by atoms with Crippen LogP contribution in [0.25, 0.3) is 11.0 Å². The third-order valence-corrected chi connectivity index (χ3v) is 6.42. The van der Waals surface area contributed by atoms with Gasteiger partial charge in [-0.15, -0.1) is 0 Å². The number of hydrogen-bond acceptors (Lipinski definition) is 4. The number of nitrogens with one attached hydrogen (secondary N) is 1. The van der Waals surface area contributed by atoms with Gasteiger partial charge in [0.15, 0.2) is 0 Å². The molecule has 1 aromatic heterocycles. The molecule has 0 aliphatic carbocycles. The number of ether oxygens (including phenoxy) is 1. The average molecular weight is 439 g/mol. The van der Waals surface area contributed by atoms with Gasteiger partial charge < -0.3 is 10.1 Å². The molecule has 1 fully saturated rings. The quantitative estimate of drug-likeness (QED) is 0.650. The summed E-state index contributed by atoms with van der Waals surface area (Å²) < 4.78 is 7.64. The van der Waals surface area contributed by atoms with Crippen molar-refractivity contribution in [1.82, 2.24) is 9.55 Å². The van der Waals surface area contributed by atoms with Crippen LogP contribution in [0, 0.1) is 6.92 Å². The summed E-state index contributed by atoms with van der Waals surface area (Å²) in [7, 11) is 0. The minimum atomic E-state index is -0.650. The Balaban J connectivity index is 1.44. The molecule has 2 aromatic carbocycles. The highest BCUT2D eigenvalue weighted by Gasteiger charge is 2.42. The van der Waals surface area contributed by atoms with Gasteiger partial charge in [-0.3, -0.25) is 19.1 Å². The third-order valence-electron chi connectivity index (χ3n) is 6.01. The summed E-state index contributed by atoms with van der Waals surface area (Å²) in [6.07, 6.45) is 1.93. The first-order chi connectivity index (χ1) is 15.0. The molecule has 2 amide bonds. The fourth-order valence-corrected chi connectivity index (χ4v) is 4.55. The normalized spacial score (nSPS) is 20.5. The van der Waals surface area contributed by atoms with Gasteiger partial charge in [-0.05, 0) is 49.6 Å². The predicted octanol–water partition coefficient (Wildman–Crippen LogP) is 4.09. The smallest absolute Gasteiger partial charge is 0.253 e. The highest BCUT2D eigenvalue weighted by molar-refractivity contribution is 6.31. The summed E-state index contributed by atoms with van der Waals surface area (Å²) >= 11 is 6.17. The molecule has 1 N–H and O–H groups in total. The van der Waals surface area contributed by atoms with Crippen molar-refractivity contribution < 1.29 is 14.3 Å². The molecule has 0 unspecified atom stereocenters. The lowest BCUT2D eigenvalue weighted by molar-refractivity contribution is -0.124. The third kappa shape index (κ3) is 3.58. The van der Waals surface area contributed by atoms with Gasteiger partial charge in [0.25, 0.3) is 5.91 Å². The number of benzene rings is 2. The molecule has 2 atom stereocenters. The second-order valence-corrected chi connectivity index (χ2v) is 8.44. The molecule has 7 nitrogen and oxygen atoms in total. The maximum atomic E-state index is 13.4. The molecule has 2 aliphatic heterocycles. The summed E-state index contributed by atoms with van der Waals surface area (Å²) in [5.41, 5.74) is 3.09. The van der Waals surface area contributed by atoms with Crippen LogP contribution >= 0.6 is 11.6 Å². The zero-order valence-electron chi connectivity index (χ0n) is 17.2. The number of para-hydroxylation sites is 2. The number of anilines is 2. The molecule has 0 saturated carbocycles. The van der Waals surface area contributed by atoms with Crippen molar-refractivity contribution in [2.24, 2.45) is 0 Å². The number of amides is 2. The lowest BCUT2D eigenvalue weighted by atomic mass is 10.1. The molecule has 0 spiro atoms. The molecule has 1 saturated heterocycles. The van der Waals surface area contributed by atoms with Crippen molar-refractivity contribution in [3.63, 3.8) is 0 Å². The van der Waals surface area contributed by atoms with Crippen molar-refractivity contribution in [3.05, 3.63) is 53.1 Å². The Bertz CT molecular complexity index is 1170. The van der Waals surface area contributed by atoms with Crippen molar-refractivity contribution in [3.8, 4) is 0 Å². The molecule has 3 heterocycles. The molecule has 160 valence electrons. The van der Waals surface area contributed by atoms with Crippen LogP contribution in [0.5, 0.6) is 0 Å². The van der Waals surface area contributed by atoms with Gasteiger partial charge >= 0.3 is 0 Å². The fraction of sp³-hybridized carbons (Fsp3) is 0.348. The van der Waals surface area contributed by atoms with Gasteiger partial charge in [-0.25, -0.2) is 4.98 Å². The Kier molecular flexibility index (Phi) is 5.16. The van der Waals surface area contributed by atoms with Crippen LogP contribution in [0.3, 0.4) is 0 Å². The number of fused-ring (bicyclic) bond motifs is 3. The van der Waals surface area contributed by atoms with E-state index in [4.69, 9.17) is 21.3 Å². The van der Waals surface area contributed by atoms with E-state index in [1.54, 1.807) is 23.1 Å². The zero-order valence-corrected chi connectivity index (χ0v) is 17.9. The average Bonchev–Trinajstić information content (AvgIpc) is 3.45. The fourth-order valence-electron chi connectivity index (χ4n) is 4.38. The lowest BCUT2D eigenvalue weighted by Crippen LogP contribution is -2.37. The van der Waals surface area contributed by atoms with E-state index in [1.807, 2.05) is 35.8 Å². The van der Waals surface area contributed by atoms with Gasteiger partial charge in [0.2, 0.25) is 11.9 Å². The van der Waals surface area contributed by atoms with Crippen molar-refractivity contribution in [2.45, 2.75) is 38.3 Å². The molecule has 0 bridgehead atoms. The van der Waals surface area contributed by atoms with E-state index >= 15 is 0 Å². The van der Waals surface area contributed by atoms with Crippen LogP contribution in [0.4, 0.5) is 11.6 Å². The number of carbonyl (C=O) groups excluding carboxylic acids is 2. The maximum absolute atomic E-state index is 13.4. The minimum Gasteiger partial charge on any atom is -0.376 e. The van der Waals surface area contributed by atoms with E-state index < -0.39 is 6.04 Å². The summed E-state index contributed by atoms with van der Waals surface area (Å²) in [4.78, 5) is 32.7. The van der Waals surface area contributed by atoms with Crippen LogP contribution < -0.4 is 10.2 Å². The van der Waals surface area contributed by atoms with E-state index in [0.717, 1.165) is 29.4 Å². The van der Waals surface area contributed by atoms with Gasteiger partial charge in [-0.1, -0.05) is 29.8 Å². The minimum absolute atomic E-state index is 0.00102. The SMILES string of the molecule is Cc1c(Cl)cccc1NC(=O)C[C@@H]1C(=O)N(C[C@H]2CCCO2)c2nc3ccccc3n21. The van der Waals surface area contributed by atoms with Crippen molar-refractivity contribution in [2.75, 3.05) is 23.4 Å². The van der Waals surface area contributed by atoms with Crippen molar-refractivity contribution >= 4 is 46.1 Å². The monoisotopic (exact) mass is 438 g/mol. The van der Waals surface area contributed by atoms with Crippen LogP contribution in [0.15, 0.2) is 42.5 Å². The highest BCUT2D eigenvalue weighted by atomic mass is 35.5. The Morgan fingerprint density at radius 3 is 2.90 bits per heavy atom. The van der Waals surface area contributed by atoms with Gasteiger partial charge in [0.1, 0.15) is 6.04 Å². The summed E-state index contributed by atoms with van der Waals surface area (Å²) in [5.74, 6) is 0.214. The number of aromatic nitrogens is 2. The topological polar surface area (TPSA) is 76.5 Å². The summed E-state index contributed by atoms with van der Waals surface area (Å²) in [6.45, 7) is 3.02. The molecular formula is C23H23ClN4O3. The Labute approximate surface area is 184 Å². The molecular weight excluding hydrogens is 416 g/mol. The maximum Gasteiger partial charge on any atom is 0.253 e. The van der Waals surface area contributed by atoms with E-state index in [0.29, 0.717) is 29.8 Å². The van der Waals surface area contributed by atoms with E-state index in [9.17, 15) is 9.59 Å². The number of halogens is 1. The number of nitrogens with zero attached hydrogens (tertiary/aromatic N) is 3. The van der Waals surface area contributed by atoms with Gasteiger partial charge in [0, 0.05) is 17.3 Å². The van der Waals surface area contributed by atoms with Gasteiger partial charge in [0.05, 0.1) is 30.1 Å². The summed E-state index contributed by atoms with van der Waals surface area (Å²) in [5, 5.41) is 3.49. The van der Waals surface area contributed by atoms with E-state index in [1.165, 1.54) is 0 Å². The first-order valence-corrected chi connectivity index (χ1v) is 10.9. The standard InChI is InChI=1S/C23H23ClN4O3/c1-14-16(24)7-4-9-17(14)25-21(29)12-20-22(30)27(13-15-6-5-11-31-15)23-26-18-8-2-3-10-19(18)28(20)23/h2-4,7-10,15,20H,5-6,11-13H2,1H3,(H,25,29)/t15-,20-/m1/s1. The first-order valence-electron chi connectivity index (χ1n) is 10.5. The molecule has 8 heteroatoms. The van der Waals surface area contributed by atoms with E-state index in [2.05, 4.69) is 5.32 Å². The molecule has 31 heavy (non-hydrogen) atoms. The number of carbonyl (C=O) groups is 2. The van der Waals surface area contributed by atoms with Crippen LogP contribution in [0.2, 0.25) is 5.02 Å². The number of hydrogen-bond donors (Lipinski definition) is 1. The molecule has 5 rings (SSSR count). The predicted molar refractivity (Wildman–Crippen MR) is 120 cm³/mol. The Hall–Kier alpha value is -2.90. The Morgan fingerprint density at radius 2 is 2.10 bits per heavy atom. The zero-order chi connectivity index (χ0) is 21.5. The first kappa shape index (κ1) is 20.0. The van der Waals surface area contributed by atoms with Crippen LogP contribution in [0.1, 0.15) is 30.9 Å². The highest BCUT2D eigenvalue weighted by Crippen LogP contribution is 2.37. The molecule has 2 aliphatic rings. The van der Waals surface area contributed by atoms with Crippen LogP contribution in [-0.2, 0) is 14.3 Å². The van der Waals surface area contributed by atoms with Gasteiger partial charge in [-0.2, -0.15) is 0 Å². The Morgan fingerprint density at radius 1 is 1.26 bits per heavy atom. The van der Waals surface area contributed by atoms with E-state index in [-0.39, 0.29) is 24.3 Å². The lowest BCUT2D eigenvalue weighted by Gasteiger charge is -2.19. The molecule has 0 radical (unpaired) electrons. The number of rotatable bonds is 5. The van der Waals surface area contributed by atoms with Crippen molar-refractivity contribution in [1.29, 1.82) is 0 Å². The molecule has 3 aromatic rings. The summed E-state index contributed by atoms with van der Waals surface area (Å²) in [6, 6.07) is 12.4. The second kappa shape index (κ2) is 7.98.